The molecule has 2 aliphatic rings. The Balaban J connectivity index is 0.000000684. The van der Waals surface area contributed by atoms with Gasteiger partial charge in [0.1, 0.15) is 19.4 Å². The Bertz CT molecular complexity index is 989. The fraction of sp³-hybridized carbons (Fsp3) is 0.375. The van der Waals surface area contributed by atoms with Crippen LogP contribution in [-0.2, 0) is 22.4 Å². The Labute approximate surface area is 217 Å². The van der Waals surface area contributed by atoms with Gasteiger partial charge in [0.15, 0.2) is 0 Å². The summed E-state index contributed by atoms with van der Waals surface area (Å²) in [7, 11) is 0. The Morgan fingerprint density at radius 3 is 2.14 bits per heavy atom. The summed E-state index contributed by atoms with van der Waals surface area (Å²) in [4.78, 5) is 16.0. The number of rotatable bonds is 4. The van der Waals surface area contributed by atoms with E-state index in [0.29, 0.717) is 0 Å². The Morgan fingerprint density at radius 1 is 1.06 bits per heavy atom. The first kappa shape index (κ1) is 32.9. The third-order valence-corrected chi connectivity index (χ3v) is 6.67. The molecule has 36 heavy (non-hydrogen) atoms. The van der Waals surface area contributed by atoms with E-state index < -0.39 is 0 Å². The van der Waals surface area contributed by atoms with Crippen LogP contribution in [0.3, 0.4) is 0 Å². The molecule has 2 atom stereocenters. The average molecular weight is 495 g/mol. The number of allylic oxidation sites excluding steroid dienone is 4. The molecule has 2 aliphatic carbocycles. The largest absolute Gasteiger partial charge is 0.392 e. The summed E-state index contributed by atoms with van der Waals surface area (Å²) in [5.74, 6) is -0.204. The maximum absolute atomic E-state index is 13.0. The van der Waals surface area contributed by atoms with Crippen LogP contribution < -0.4 is 0 Å². The molecule has 196 valence electrons. The smallest absolute Gasteiger partial charge is 0.123 e. The summed E-state index contributed by atoms with van der Waals surface area (Å²) in [5.41, 5.74) is 7.63. The summed E-state index contributed by atoms with van der Waals surface area (Å²) in [6.45, 7) is 18.4. The van der Waals surface area contributed by atoms with Crippen LogP contribution in [0.4, 0.5) is 4.39 Å². The van der Waals surface area contributed by atoms with Crippen LogP contribution in [0.15, 0.2) is 84.0 Å². The minimum atomic E-state index is -0.258. The number of benzene rings is 2. The molecule has 0 spiro atoms. The predicted molar refractivity (Wildman–Crippen MR) is 150 cm³/mol. The van der Waals surface area contributed by atoms with Crippen molar-refractivity contribution in [1.82, 2.24) is 0 Å². The molecule has 2 aromatic carbocycles. The molecule has 2 aromatic rings. The second kappa shape index (κ2) is 17.3. The van der Waals surface area contributed by atoms with Crippen LogP contribution in [-0.4, -0.2) is 24.8 Å². The fourth-order valence-corrected chi connectivity index (χ4v) is 4.59. The van der Waals surface area contributed by atoms with E-state index in [9.17, 15) is 9.50 Å². The summed E-state index contributed by atoms with van der Waals surface area (Å²) < 4.78 is 13.0. The molecule has 0 bridgehead atoms. The minimum absolute atomic E-state index is 0.129. The summed E-state index contributed by atoms with van der Waals surface area (Å²) in [5, 5.41) is 10.3. The first-order valence-corrected chi connectivity index (χ1v) is 12.5. The lowest BCUT2D eigenvalue weighted by molar-refractivity contribution is -0.0987. The van der Waals surface area contributed by atoms with Gasteiger partial charge in [0.05, 0.1) is 6.10 Å². The van der Waals surface area contributed by atoms with Crippen molar-refractivity contribution in [2.45, 2.75) is 72.8 Å². The summed E-state index contributed by atoms with van der Waals surface area (Å²) in [6.07, 6.45) is 8.48. The van der Waals surface area contributed by atoms with E-state index in [1.54, 1.807) is 0 Å². The molecule has 0 aliphatic heterocycles. The van der Waals surface area contributed by atoms with Gasteiger partial charge in [-0.2, -0.15) is 0 Å². The lowest BCUT2D eigenvalue weighted by Gasteiger charge is -2.35. The van der Waals surface area contributed by atoms with E-state index in [2.05, 4.69) is 57.7 Å². The molecule has 3 nitrogen and oxygen atoms in total. The van der Waals surface area contributed by atoms with Crippen LogP contribution in [0.2, 0.25) is 0 Å². The molecule has 0 aromatic heterocycles. The molecule has 0 saturated heterocycles. The van der Waals surface area contributed by atoms with Gasteiger partial charge in [0.2, 0.25) is 0 Å². The molecule has 0 amide bonds. The summed E-state index contributed by atoms with van der Waals surface area (Å²) in [6, 6.07) is 15.2. The van der Waals surface area contributed by atoms with Gasteiger partial charge in [-0.25, -0.2) is 4.39 Å². The highest BCUT2D eigenvalue weighted by atomic mass is 19.1. The van der Waals surface area contributed by atoms with Crippen LogP contribution in [0.1, 0.15) is 63.6 Å². The topological polar surface area (TPSA) is 54.4 Å². The van der Waals surface area contributed by atoms with Crippen molar-refractivity contribution >= 4 is 13.6 Å². The number of carbonyl (C=O) groups is 2. The van der Waals surface area contributed by atoms with Crippen LogP contribution >= 0.6 is 0 Å². The monoisotopic (exact) mass is 494 g/mol. The second-order valence-electron chi connectivity index (χ2n) is 8.66. The molecule has 2 unspecified atom stereocenters. The van der Waals surface area contributed by atoms with Gasteiger partial charge < -0.3 is 14.7 Å². The SMILES string of the molecule is C=CC1=C(Cc2ccc(F)cc2)C=C2CCC(O)C2(C)C1.C=O.C=O.CC.CCc1ccccc1C. The highest BCUT2D eigenvalue weighted by Gasteiger charge is 2.43. The quantitative estimate of drug-likeness (QED) is 0.477. The maximum Gasteiger partial charge on any atom is 0.123 e. The molecule has 4 heteroatoms. The van der Waals surface area contributed by atoms with Crippen LogP contribution in [0.5, 0.6) is 0 Å². The number of fused-ring (bicyclic) bond motifs is 1. The first-order chi connectivity index (χ1) is 17.4. The molecular formula is C32H43FO3. The van der Waals surface area contributed by atoms with Crippen molar-refractivity contribution in [2.24, 2.45) is 5.41 Å². The van der Waals surface area contributed by atoms with E-state index in [1.807, 2.05) is 45.6 Å². The van der Waals surface area contributed by atoms with E-state index in [4.69, 9.17) is 9.59 Å². The van der Waals surface area contributed by atoms with E-state index >= 15 is 0 Å². The molecular weight excluding hydrogens is 451 g/mol. The number of hydrogen-bond donors (Lipinski definition) is 1. The van der Waals surface area contributed by atoms with Gasteiger partial charge in [0.25, 0.3) is 0 Å². The molecule has 1 fully saturated rings. The Kier molecular flexibility index (Phi) is 15.8. The van der Waals surface area contributed by atoms with Gasteiger partial charge in [-0.15, -0.1) is 0 Å². The molecule has 4 rings (SSSR count). The highest BCUT2D eigenvalue weighted by molar-refractivity contribution is 5.46. The van der Waals surface area contributed by atoms with Gasteiger partial charge >= 0.3 is 0 Å². The number of aliphatic hydroxyl groups is 1. The number of hydrogen-bond acceptors (Lipinski definition) is 3. The van der Waals surface area contributed by atoms with Gasteiger partial charge in [-0.3, -0.25) is 0 Å². The fourth-order valence-electron chi connectivity index (χ4n) is 4.59. The van der Waals surface area contributed by atoms with Gasteiger partial charge in [0, 0.05) is 5.41 Å². The van der Waals surface area contributed by atoms with E-state index in [-0.39, 0.29) is 17.3 Å². The van der Waals surface area contributed by atoms with Crippen LogP contribution in [0.25, 0.3) is 0 Å². The van der Waals surface area contributed by atoms with Crippen molar-refractivity contribution in [3.8, 4) is 0 Å². The normalized spacial score (nSPS) is 19.3. The zero-order chi connectivity index (χ0) is 27.7. The van der Waals surface area contributed by atoms with E-state index in [0.717, 1.165) is 37.7 Å². The zero-order valence-electron chi connectivity index (χ0n) is 22.6. The van der Waals surface area contributed by atoms with Crippen LogP contribution in [0, 0.1) is 18.2 Å². The zero-order valence-corrected chi connectivity index (χ0v) is 22.6. The standard InChI is InChI=1S/C19H21FO.C9H12.C2H6.2CH2O/c1-3-14-12-19(2)16(6-9-18(19)21)11-15(14)10-13-4-7-17(20)8-5-13;1-3-9-7-5-4-6-8(9)2;3*1-2/h3-5,7-8,11,18,21H,1,6,9-10,12H2,2H3;4-7H,3H2,1-2H3;1-2H3;2*1H2. The summed E-state index contributed by atoms with van der Waals surface area (Å²) >= 11 is 0. The van der Waals surface area contributed by atoms with Crippen molar-refractivity contribution in [1.29, 1.82) is 0 Å². The Hall–Kier alpha value is -3.11. The van der Waals surface area contributed by atoms with Crippen molar-refractivity contribution < 1.29 is 19.1 Å². The number of carbonyl (C=O) groups excluding carboxylic acids is 2. The lowest BCUT2D eigenvalue weighted by atomic mass is 9.71. The predicted octanol–water partition coefficient (Wildman–Crippen LogP) is 7.56. The molecule has 1 saturated carbocycles. The molecule has 1 N–H and O–H groups in total. The number of aliphatic hydroxyl groups excluding tert-OH is 1. The lowest BCUT2D eigenvalue weighted by Crippen LogP contribution is -2.30. The van der Waals surface area contributed by atoms with Gasteiger partial charge in [-0.1, -0.05) is 88.4 Å². The van der Waals surface area contributed by atoms with Crippen molar-refractivity contribution in [2.75, 3.05) is 0 Å². The maximum atomic E-state index is 13.0. The molecule has 0 heterocycles. The highest BCUT2D eigenvalue weighted by Crippen LogP contribution is 2.51. The van der Waals surface area contributed by atoms with Gasteiger partial charge in [-0.05, 0) is 79.0 Å². The third kappa shape index (κ3) is 8.83. The van der Waals surface area contributed by atoms with Crippen molar-refractivity contribution in [3.63, 3.8) is 0 Å². The van der Waals surface area contributed by atoms with Crippen molar-refractivity contribution in [3.05, 3.63) is 106 Å². The second-order valence-corrected chi connectivity index (χ2v) is 8.66. The molecule has 0 radical (unpaired) electrons. The third-order valence-electron chi connectivity index (χ3n) is 6.67. The first-order valence-electron chi connectivity index (χ1n) is 12.5. The average Bonchev–Trinajstić information content (AvgIpc) is 3.22. The number of halogens is 1. The number of aryl methyl sites for hydroxylation is 2. The minimum Gasteiger partial charge on any atom is -0.392 e. The van der Waals surface area contributed by atoms with E-state index in [1.165, 1.54) is 40.0 Å². The Morgan fingerprint density at radius 2 is 1.64 bits per heavy atom.